The lowest BCUT2D eigenvalue weighted by Gasteiger charge is -1.80. The first-order valence-corrected chi connectivity index (χ1v) is 2.93. The van der Waals surface area contributed by atoms with E-state index in [1.54, 1.807) is 0 Å². The molecule has 1 aliphatic carbocycles. The SMILES string of the molecule is O=[N+]([O-])C1C(Cl)C1Cl. The molecular formula is C3H3Cl2NO2. The maximum atomic E-state index is 9.82. The predicted molar refractivity (Wildman–Crippen MR) is 30.1 cm³/mol. The van der Waals surface area contributed by atoms with E-state index in [0.29, 0.717) is 0 Å². The standard InChI is InChI=1S/C3H3Cl2NO2/c4-1-2(5)3(1)6(7)8/h1-3H. The van der Waals surface area contributed by atoms with Gasteiger partial charge in [-0.05, 0) is 0 Å². The Morgan fingerprint density at radius 1 is 1.38 bits per heavy atom. The lowest BCUT2D eigenvalue weighted by Crippen LogP contribution is -2.04. The van der Waals surface area contributed by atoms with Gasteiger partial charge in [-0.2, -0.15) is 0 Å². The molecule has 0 bridgehead atoms. The molecule has 1 fully saturated rings. The zero-order valence-electron chi connectivity index (χ0n) is 3.75. The Hall–Kier alpha value is -0.0200. The van der Waals surface area contributed by atoms with E-state index in [1.165, 1.54) is 0 Å². The maximum Gasteiger partial charge on any atom is 0.248 e. The van der Waals surface area contributed by atoms with Crippen LogP contribution in [-0.2, 0) is 0 Å². The Morgan fingerprint density at radius 2 is 1.75 bits per heavy atom. The van der Waals surface area contributed by atoms with Crippen molar-refractivity contribution in [3.63, 3.8) is 0 Å². The second-order valence-electron chi connectivity index (χ2n) is 1.66. The first-order chi connectivity index (χ1) is 3.64. The summed E-state index contributed by atoms with van der Waals surface area (Å²) in [6, 6.07) is -0.710. The lowest BCUT2D eigenvalue weighted by atomic mass is 10.8. The van der Waals surface area contributed by atoms with Crippen LogP contribution in [0.3, 0.4) is 0 Å². The number of hydrogen-bond acceptors (Lipinski definition) is 2. The van der Waals surface area contributed by atoms with Crippen LogP contribution in [0.25, 0.3) is 0 Å². The second kappa shape index (κ2) is 1.74. The molecule has 0 aromatic rings. The van der Waals surface area contributed by atoms with Gasteiger partial charge in [0.2, 0.25) is 6.04 Å². The Balaban J connectivity index is 2.44. The molecule has 2 unspecified atom stereocenters. The van der Waals surface area contributed by atoms with Gasteiger partial charge >= 0.3 is 0 Å². The molecule has 0 radical (unpaired) electrons. The molecule has 0 spiro atoms. The van der Waals surface area contributed by atoms with Crippen LogP contribution < -0.4 is 0 Å². The van der Waals surface area contributed by atoms with Crippen LogP contribution >= 0.6 is 23.2 Å². The number of nitrogens with zero attached hydrogens (tertiary/aromatic N) is 1. The molecule has 2 atom stereocenters. The molecule has 1 rings (SSSR count). The molecule has 3 nitrogen and oxygen atoms in total. The Kier molecular flexibility index (Phi) is 1.33. The van der Waals surface area contributed by atoms with Gasteiger partial charge in [0.25, 0.3) is 0 Å². The summed E-state index contributed by atoms with van der Waals surface area (Å²) in [5.41, 5.74) is 0. The van der Waals surface area contributed by atoms with Gasteiger partial charge in [0.05, 0.1) is 0 Å². The molecule has 0 aliphatic heterocycles. The summed E-state index contributed by atoms with van der Waals surface area (Å²) in [5.74, 6) is 0. The molecule has 0 aromatic carbocycles. The van der Waals surface area contributed by atoms with E-state index in [0.717, 1.165) is 0 Å². The minimum absolute atomic E-state index is 0.449. The summed E-state index contributed by atoms with van der Waals surface area (Å²) in [5, 5.41) is 8.91. The number of rotatable bonds is 1. The molecule has 0 N–H and O–H groups in total. The van der Waals surface area contributed by atoms with Gasteiger partial charge in [-0.1, -0.05) is 0 Å². The molecule has 5 heteroatoms. The fourth-order valence-corrected chi connectivity index (χ4v) is 1.16. The van der Waals surface area contributed by atoms with E-state index in [2.05, 4.69) is 0 Å². The van der Waals surface area contributed by atoms with Gasteiger partial charge in [0, 0.05) is 4.92 Å². The zero-order valence-corrected chi connectivity index (χ0v) is 5.26. The zero-order chi connectivity index (χ0) is 6.31. The first-order valence-electron chi connectivity index (χ1n) is 2.06. The number of alkyl halides is 2. The smallest absolute Gasteiger partial charge is 0.248 e. The molecule has 46 valence electrons. The van der Waals surface area contributed by atoms with Crippen molar-refractivity contribution >= 4 is 23.2 Å². The average molecular weight is 156 g/mol. The van der Waals surface area contributed by atoms with Crippen molar-refractivity contribution in [2.45, 2.75) is 16.8 Å². The Labute approximate surface area is 55.7 Å². The summed E-state index contributed by atoms with van der Waals surface area (Å²) < 4.78 is 0. The predicted octanol–water partition coefficient (Wildman–Crippen LogP) is 0.860. The van der Waals surface area contributed by atoms with Crippen molar-refractivity contribution < 1.29 is 4.92 Å². The van der Waals surface area contributed by atoms with E-state index in [-0.39, 0.29) is 0 Å². The van der Waals surface area contributed by atoms with E-state index < -0.39 is 21.7 Å². The number of nitro groups is 1. The fourth-order valence-electron chi connectivity index (χ4n) is 0.459. The van der Waals surface area contributed by atoms with Crippen LogP contribution in [0.2, 0.25) is 0 Å². The largest absolute Gasteiger partial charge is 0.264 e. The van der Waals surface area contributed by atoms with Crippen LogP contribution in [-0.4, -0.2) is 21.7 Å². The van der Waals surface area contributed by atoms with Crippen molar-refractivity contribution in [2.75, 3.05) is 0 Å². The highest BCUT2D eigenvalue weighted by Crippen LogP contribution is 2.36. The van der Waals surface area contributed by atoms with Gasteiger partial charge in [-0.25, -0.2) is 0 Å². The quantitative estimate of drug-likeness (QED) is 0.321. The third kappa shape index (κ3) is 0.759. The molecular weight excluding hydrogens is 153 g/mol. The summed E-state index contributed by atoms with van der Waals surface area (Å²) in [7, 11) is 0. The topological polar surface area (TPSA) is 43.1 Å². The minimum atomic E-state index is -0.710. The molecule has 0 aromatic heterocycles. The Bertz CT molecular complexity index is 120. The van der Waals surface area contributed by atoms with Crippen LogP contribution in [0.15, 0.2) is 0 Å². The summed E-state index contributed by atoms with van der Waals surface area (Å²) >= 11 is 10.6. The van der Waals surface area contributed by atoms with Crippen LogP contribution in [0.5, 0.6) is 0 Å². The monoisotopic (exact) mass is 155 g/mol. The van der Waals surface area contributed by atoms with Gasteiger partial charge in [-0.3, -0.25) is 10.1 Å². The van der Waals surface area contributed by atoms with Crippen molar-refractivity contribution in [3.05, 3.63) is 10.1 Å². The number of halogens is 2. The van der Waals surface area contributed by atoms with E-state index >= 15 is 0 Å². The maximum absolute atomic E-state index is 9.82. The van der Waals surface area contributed by atoms with Gasteiger partial charge < -0.3 is 0 Å². The highest BCUT2D eigenvalue weighted by Gasteiger charge is 2.58. The van der Waals surface area contributed by atoms with E-state index in [4.69, 9.17) is 23.2 Å². The summed E-state index contributed by atoms with van der Waals surface area (Å²) in [6.45, 7) is 0. The summed E-state index contributed by atoms with van der Waals surface area (Å²) in [4.78, 5) is 9.37. The molecule has 0 saturated heterocycles. The van der Waals surface area contributed by atoms with Crippen molar-refractivity contribution in [2.24, 2.45) is 0 Å². The minimum Gasteiger partial charge on any atom is -0.264 e. The average Bonchev–Trinajstić information content (AvgIpc) is 2.15. The molecule has 1 aliphatic rings. The second-order valence-corrected chi connectivity index (χ2v) is 2.67. The third-order valence-electron chi connectivity index (χ3n) is 1.06. The van der Waals surface area contributed by atoms with E-state index in [1.807, 2.05) is 0 Å². The Morgan fingerprint density at radius 3 is 1.75 bits per heavy atom. The van der Waals surface area contributed by atoms with Gasteiger partial charge in [-0.15, -0.1) is 23.2 Å². The third-order valence-corrected chi connectivity index (χ3v) is 2.25. The molecule has 0 amide bonds. The van der Waals surface area contributed by atoms with Crippen LogP contribution in [0.4, 0.5) is 0 Å². The highest BCUT2D eigenvalue weighted by molar-refractivity contribution is 6.35. The van der Waals surface area contributed by atoms with Crippen LogP contribution in [0.1, 0.15) is 0 Å². The lowest BCUT2D eigenvalue weighted by molar-refractivity contribution is -0.493. The molecule has 1 saturated carbocycles. The summed E-state index contributed by atoms with van der Waals surface area (Å²) in [6.07, 6.45) is 0. The molecule has 0 heterocycles. The highest BCUT2D eigenvalue weighted by atomic mass is 35.5. The molecule has 8 heavy (non-hydrogen) atoms. The van der Waals surface area contributed by atoms with Crippen molar-refractivity contribution in [1.29, 1.82) is 0 Å². The van der Waals surface area contributed by atoms with Gasteiger partial charge in [0.15, 0.2) is 0 Å². The van der Waals surface area contributed by atoms with Crippen LogP contribution in [0, 0.1) is 10.1 Å². The van der Waals surface area contributed by atoms with Crippen molar-refractivity contribution in [1.82, 2.24) is 0 Å². The first kappa shape index (κ1) is 6.11. The van der Waals surface area contributed by atoms with Crippen molar-refractivity contribution in [3.8, 4) is 0 Å². The van der Waals surface area contributed by atoms with Gasteiger partial charge in [0.1, 0.15) is 10.8 Å². The fraction of sp³-hybridized carbons (Fsp3) is 1.00. The van der Waals surface area contributed by atoms with E-state index in [9.17, 15) is 10.1 Å². The number of hydrogen-bond donors (Lipinski definition) is 0. The normalized spacial score (nSPS) is 44.0.